The summed E-state index contributed by atoms with van der Waals surface area (Å²) >= 11 is 0. The fraction of sp³-hybridized carbons (Fsp3) is 0.333. The summed E-state index contributed by atoms with van der Waals surface area (Å²) in [5.41, 5.74) is 7.40. The fourth-order valence-corrected chi connectivity index (χ4v) is 5.00. The zero-order valence-electron chi connectivity index (χ0n) is 22.1. The predicted molar refractivity (Wildman–Crippen MR) is 156 cm³/mol. The van der Waals surface area contributed by atoms with Crippen molar-refractivity contribution < 1.29 is 4.79 Å². The minimum atomic E-state index is -0.147. The van der Waals surface area contributed by atoms with E-state index in [0.29, 0.717) is 19.0 Å². The van der Waals surface area contributed by atoms with Crippen molar-refractivity contribution in [1.82, 2.24) is 19.7 Å². The lowest BCUT2D eigenvalue weighted by atomic mass is 9.82. The summed E-state index contributed by atoms with van der Waals surface area (Å²) in [5, 5.41) is 4.56. The standard InChI is InChI=1S/C30H33N5O.2ClH/c1-21(2)29-12-11-26(17-32-29)35(30(36)28-10-6-8-24-7-4-5-9-27(24)28)19-23-16-33-34(18-23)20-25-15-22(3)13-14-31-25;;/h4-5,7,9,11-18,21,28H,6,8,10,19-20H2,1-3H3;2*1H. The van der Waals surface area contributed by atoms with Gasteiger partial charge in [0, 0.05) is 23.7 Å². The highest BCUT2D eigenvalue weighted by atomic mass is 35.5. The maximum Gasteiger partial charge on any atom is 0.234 e. The van der Waals surface area contributed by atoms with Crippen molar-refractivity contribution >= 4 is 36.4 Å². The van der Waals surface area contributed by atoms with Gasteiger partial charge in [-0.15, -0.1) is 24.8 Å². The number of benzene rings is 1. The molecule has 0 saturated heterocycles. The van der Waals surface area contributed by atoms with Crippen LogP contribution in [0.25, 0.3) is 0 Å². The van der Waals surface area contributed by atoms with Crippen molar-refractivity contribution in [2.75, 3.05) is 4.90 Å². The number of nitrogens with zero attached hydrogens (tertiary/aromatic N) is 5. The van der Waals surface area contributed by atoms with Gasteiger partial charge in [0.2, 0.25) is 5.91 Å². The minimum Gasteiger partial charge on any atom is -0.306 e. The highest BCUT2D eigenvalue weighted by molar-refractivity contribution is 5.98. The number of aromatic nitrogens is 4. The van der Waals surface area contributed by atoms with E-state index >= 15 is 0 Å². The van der Waals surface area contributed by atoms with Gasteiger partial charge in [-0.05, 0) is 73.1 Å². The number of fused-ring (bicyclic) bond motifs is 1. The van der Waals surface area contributed by atoms with Crippen molar-refractivity contribution in [3.8, 4) is 0 Å². The van der Waals surface area contributed by atoms with E-state index in [9.17, 15) is 4.79 Å². The minimum absolute atomic E-state index is 0. The summed E-state index contributed by atoms with van der Waals surface area (Å²) in [6.45, 7) is 7.35. The van der Waals surface area contributed by atoms with Gasteiger partial charge < -0.3 is 4.90 Å². The second kappa shape index (κ2) is 13.0. The number of rotatable bonds is 7. The summed E-state index contributed by atoms with van der Waals surface area (Å²) in [4.78, 5) is 25.1. The fourth-order valence-electron chi connectivity index (χ4n) is 5.00. The first-order valence-electron chi connectivity index (χ1n) is 12.8. The third kappa shape index (κ3) is 6.61. The Morgan fingerprint density at radius 3 is 2.63 bits per heavy atom. The lowest BCUT2D eigenvalue weighted by Crippen LogP contribution is -2.36. The molecule has 0 spiro atoms. The Bertz CT molecular complexity index is 1350. The van der Waals surface area contributed by atoms with Crippen LogP contribution in [0.5, 0.6) is 0 Å². The van der Waals surface area contributed by atoms with E-state index in [1.54, 1.807) is 0 Å². The Labute approximate surface area is 237 Å². The molecule has 4 aromatic rings. The summed E-state index contributed by atoms with van der Waals surface area (Å²) in [5.74, 6) is 0.308. The van der Waals surface area contributed by atoms with E-state index in [0.717, 1.165) is 47.5 Å². The maximum absolute atomic E-state index is 14.1. The van der Waals surface area contributed by atoms with Crippen LogP contribution in [0, 0.1) is 6.92 Å². The van der Waals surface area contributed by atoms with Crippen LogP contribution in [0.15, 0.2) is 73.3 Å². The van der Waals surface area contributed by atoms with Crippen LogP contribution in [0.1, 0.15) is 72.2 Å². The van der Waals surface area contributed by atoms with Gasteiger partial charge in [-0.2, -0.15) is 5.10 Å². The van der Waals surface area contributed by atoms with Gasteiger partial charge in [0.1, 0.15) is 0 Å². The first kappa shape index (κ1) is 29.3. The van der Waals surface area contributed by atoms with E-state index in [1.807, 2.05) is 58.6 Å². The zero-order valence-corrected chi connectivity index (χ0v) is 23.7. The number of carbonyl (C=O) groups excluding carboxylic acids is 1. The molecule has 0 N–H and O–H groups in total. The molecule has 1 aliphatic rings. The molecule has 1 aromatic carbocycles. The Morgan fingerprint density at radius 1 is 1.08 bits per heavy atom. The van der Waals surface area contributed by atoms with Crippen LogP contribution in [-0.4, -0.2) is 25.7 Å². The zero-order chi connectivity index (χ0) is 25.1. The topological polar surface area (TPSA) is 63.9 Å². The molecule has 38 heavy (non-hydrogen) atoms. The molecule has 200 valence electrons. The third-order valence-corrected chi connectivity index (χ3v) is 6.93. The van der Waals surface area contributed by atoms with Gasteiger partial charge in [-0.3, -0.25) is 19.4 Å². The number of pyridine rings is 2. The van der Waals surface area contributed by atoms with Crippen LogP contribution in [-0.2, 0) is 24.3 Å². The van der Waals surface area contributed by atoms with Crippen LogP contribution in [0.2, 0.25) is 0 Å². The van der Waals surface area contributed by atoms with Gasteiger partial charge in [0.25, 0.3) is 0 Å². The Morgan fingerprint density at radius 2 is 1.89 bits per heavy atom. The molecule has 5 rings (SSSR count). The number of carbonyl (C=O) groups is 1. The smallest absolute Gasteiger partial charge is 0.234 e. The molecular formula is C30H35Cl2N5O. The molecular weight excluding hydrogens is 517 g/mol. The molecule has 0 aliphatic heterocycles. The Kier molecular flexibility index (Phi) is 10.1. The molecule has 0 fully saturated rings. The molecule has 1 aliphatic carbocycles. The molecule has 3 heterocycles. The van der Waals surface area contributed by atoms with Crippen molar-refractivity contribution in [3.63, 3.8) is 0 Å². The monoisotopic (exact) mass is 551 g/mol. The number of anilines is 1. The summed E-state index contributed by atoms with van der Waals surface area (Å²) < 4.78 is 1.88. The van der Waals surface area contributed by atoms with Crippen LogP contribution < -0.4 is 4.90 Å². The first-order valence-corrected chi connectivity index (χ1v) is 12.8. The van der Waals surface area contributed by atoms with Gasteiger partial charge in [0.15, 0.2) is 0 Å². The van der Waals surface area contributed by atoms with Gasteiger partial charge in [-0.1, -0.05) is 38.1 Å². The number of hydrogen-bond donors (Lipinski definition) is 0. The maximum atomic E-state index is 14.1. The van der Waals surface area contributed by atoms with E-state index < -0.39 is 0 Å². The van der Waals surface area contributed by atoms with Crippen molar-refractivity contribution in [1.29, 1.82) is 0 Å². The molecule has 0 radical (unpaired) electrons. The molecule has 3 aromatic heterocycles. The SMILES string of the molecule is Cc1ccnc(Cn2cc(CN(C(=O)C3CCCc4ccccc43)c3ccc(C(C)C)nc3)cn2)c1.Cl.Cl. The molecule has 0 saturated carbocycles. The molecule has 1 atom stereocenters. The molecule has 6 nitrogen and oxygen atoms in total. The Hall–Kier alpha value is -3.22. The normalized spacial score (nSPS) is 14.3. The van der Waals surface area contributed by atoms with Gasteiger partial charge in [-0.25, -0.2) is 0 Å². The molecule has 0 bridgehead atoms. The first-order chi connectivity index (χ1) is 17.5. The highest BCUT2D eigenvalue weighted by Gasteiger charge is 2.31. The lowest BCUT2D eigenvalue weighted by Gasteiger charge is -2.31. The van der Waals surface area contributed by atoms with Crippen LogP contribution in [0.3, 0.4) is 0 Å². The van der Waals surface area contributed by atoms with E-state index in [4.69, 9.17) is 0 Å². The average Bonchev–Trinajstić information content (AvgIpc) is 3.33. The number of amides is 1. The summed E-state index contributed by atoms with van der Waals surface area (Å²) in [6.07, 6.45) is 10.4. The third-order valence-electron chi connectivity index (χ3n) is 6.93. The lowest BCUT2D eigenvalue weighted by molar-refractivity contribution is -0.120. The predicted octanol–water partition coefficient (Wildman–Crippen LogP) is 6.65. The number of halogens is 2. The van der Waals surface area contributed by atoms with E-state index in [-0.39, 0.29) is 36.6 Å². The van der Waals surface area contributed by atoms with Crippen molar-refractivity contribution in [2.45, 2.75) is 65.0 Å². The number of aryl methyl sites for hydroxylation is 2. The van der Waals surface area contributed by atoms with Crippen molar-refractivity contribution in [3.05, 3.63) is 107 Å². The second-order valence-electron chi connectivity index (χ2n) is 10.0. The van der Waals surface area contributed by atoms with Gasteiger partial charge in [0.05, 0.1) is 42.8 Å². The molecule has 1 amide bonds. The van der Waals surface area contributed by atoms with E-state index in [2.05, 4.69) is 60.1 Å². The van der Waals surface area contributed by atoms with Gasteiger partial charge >= 0.3 is 0 Å². The van der Waals surface area contributed by atoms with E-state index in [1.165, 1.54) is 11.1 Å². The van der Waals surface area contributed by atoms with Crippen LogP contribution in [0.4, 0.5) is 5.69 Å². The van der Waals surface area contributed by atoms with Crippen molar-refractivity contribution in [2.24, 2.45) is 0 Å². The molecule has 8 heteroatoms. The Balaban J connectivity index is 0.00000200. The second-order valence-corrected chi connectivity index (χ2v) is 10.0. The quantitative estimate of drug-likeness (QED) is 0.258. The summed E-state index contributed by atoms with van der Waals surface area (Å²) in [7, 11) is 0. The number of hydrogen-bond acceptors (Lipinski definition) is 4. The average molecular weight is 553 g/mol. The summed E-state index contributed by atoms with van der Waals surface area (Å²) in [6, 6.07) is 16.5. The largest absolute Gasteiger partial charge is 0.306 e. The highest BCUT2D eigenvalue weighted by Crippen LogP contribution is 2.34. The molecule has 1 unspecified atom stereocenters. The van der Waals surface area contributed by atoms with Crippen LogP contribution >= 0.6 is 24.8 Å².